The van der Waals surface area contributed by atoms with Crippen LogP contribution in [0.2, 0.25) is 0 Å². The van der Waals surface area contributed by atoms with Gasteiger partial charge >= 0.3 is 5.97 Å². The quantitative estimate of drug-likeness (QED) is 0.867. The molecule has 6 heteroatoms. The van der Waals surface area contributed by atoms with Crippen molar-refractivity contribution in [1.82, 2.24) is 0 Å². The third-order valence-corrected chi connectivity index (χ3v) is 3.72. The second kappa shape index (κ2) is 6.53. The molecule has 1 atom stereocenters. The lowest BCUT2D eigenvalue weighted by molar-refractivity contribution is -0.139. The Labute approximate surface area is 133 Å². The number of esters is 1. The standard InChI is InChI=1S/C17H17FN2O3/c1-4-22-17(21)14-10(3)23-16(20)12(8-19)15(14)11-6-5-7-13(18)9(11)2/h5-7,15H,4,20H2,1-3H3. The number of hydrogen-bond acceptors (Lipinski definition) is 5. The van der Waals surface area contributed by atoms with Crippen LogP contribution >= 0.6 is 0 Å². The molecule has 1 aromatic carbocycles. The van der Waals surface area contributed by atoms with Gasteiger partial charge in [0, 0.05) is 0 Å². The van der Waals surface area contributed by atoms with Crippen molar-refractivity contribution in [3.63, 3.8) is 0 Å². The van der Waals surface area contributed by atoms with Gasteiger partial charge in [0.15, 0.2) is 0 Å². The predicted octanol–water partition coefficient (Wildman–Crippen LogP) is 2.78. The van der Waals surface area contributed by atoms with Crippen LogP contribution < -0.4 is 5.73 Å². The van der Waals surface area contributed by atoms with Gasteiger partial charge < -0.3 is 15.2 Å². The smallest absolute Gasteiger partial charge is 0.338 e. The van der Waals surface area contributed by atoms with Crippen LogP contribution in [0.4, 0.5) is 4.39 Å². The summed E-state index contributed by atoms with van der Waals surface area (Å²) in [5.74, 6) is -1.70. The van der Waals surface area contributed by atoms with Gasteiger partial charge in [-0.1, -0.05) is 12.1 Å². The van der Waals surface area contributed by atoms with Crippen molar-refractivity contribution in [2.45, 2.75) is 26.7 Å². The van der Waals surface area contributed by atoms with Crippen molar-refractivity contribution in [1.29, 1.82) is 5.26 Å². The Balaban J connectivity index is 2.69. The summed E-state index contributed by atoms with van der Waals surface area (Å²) in [4.78, 5) is 12.3. The molecule has 23 heavy (non-hydrogen) atoms. The Morgan fingerprint density at radius 2 is 2.17 bits per heavy atom. The summed E-state index contributed by atoms with van der Waals surface area (Å²) in [5, 5.41) is 9.43. The van der Waals surface area contributed by atoms with Crippen LogP contribution in [0.25, 0.3) is 0 Å². The minimum absolute atomic E-state index is 0.0624. The molecule has 1 aliphatic rings. The first kappa shape index (κ1) is 16.6. The molecule has 0 fully saturated rings. The summed E-state index contributed by atoms with van der Waals surface area (Å²) in [6, 6.07) is 6.46. The molecule has 2 N–H and O–H groups in total. The van der Waals surface area contributed by atoms with E-state index in [0.717, 1.165) is 0 Å². The number of halogens is 1. The fraction of sp³-hybridized carbons (Fsp3) is 0.294. The van der Waals surface area contributed by atoms with Crippen molar-refractivity contribution >= 4 is 5.97 Å². The molecule has 1 aromatic rings. The fourth-order valence-electron chi connectivity index (χ4n) is 2.60. The van der Waals surface area contributed by atoms with E-state index < -0.39 is 17.7 Å². The van der Waals surface area contributed by atoms with Crippen LogP contribution in [0, 0.1) is 24.1 Å². The molecular weight excluding hydrogens is 299 g/mol. The number of carbonyl (C=O) groups is 1. The lowest BCUT2D eigenvalue weighted by Gasteiger charge is -2.27. The van der Waals surface area contributed by atoms with E-state index in [4.69, 9.17) is 15.2 Å². The minimum atomic E-state index is -0.816. The Kier molecular flexibility index (Phi) is 4.70. The molecule has 0 radical (unpaired) electrons. The molecule has 0 aliphatic carbocycles. The Hall–Kier alpha value is -2.81. The van der Waals surface area contributed by atoms with Crippen molar-refractivity contribution in [3.8, 4) is 6.07 Å². The first-order valence-electron chi connectivity index (χ1n) is 7.12. The second-order valence-electron chi connectivity index (χ2n) is 5.07. The van der Waals surface area contributed by atoms with Gasteiger partial charge in [-0.2, -0.15) is 5.26 Å². The third kappa shape index (κ3) is 2.90. The zero-order valence-electron chi connectivity index (χ0n) is 13.1. The molecule has 0 saturated heterocycles. The van der Waals surface area contributed by atoms with Gasteiger partial charge in [0.05, 0.1) is 18.1 Å². The normalized spacial score (nSPS) is 17.6. The van der Waals surface area contributed by atoms with Crippen molar-refractivity contribution < 1.29 is 18.7 Å². The molecule has 0 saturated carbocycles. The number of nitrogens with zero attached hydrogens (tertiary/aromatic N) is 1. The number of ether oxygens (including phenoxy) is 2. The van der Waals surface area contributed by atoms with Crippen molar-refractivity contribution in [2.75, 3.05) is 6.61 Å². The highest BCUT2D eigenvalue weighted by atomic mass is 19.1. The van der Waals surface area contributed by atoms with Gasteiger partial charge in [-0.05, 0) is 38.0 Å². The molecule has 0 spiro atoms. The number of nitriles is 1. The monoisotopic (exact) mass is 316 g/mol. The average molecular weight is 316 g/mol. The van der Waals surface area contributed by atoms with Gasteiger partial charge in [0.25, 0.3) is 0 Å². The highest BCUT2D eigenvalue weighted by Crippen LogP contribution is 2.41. The van der Waals surface area contributed by atoms with Crippen LogP contribution in [-0.4, -0.2) is 12.6 Å². The molecular formula is C17H17FN2O3. The molecule has 5 nitrogen and oxygen atoms in total. The summed E-state index contributed by atoms with van der Waals surface area (Å²) in [6.45, 7) is 5.00. The molecule has 1 aliphatic heterocycles. The fourth-order valence-corrected chi connectivity index (χ4v) is 2.60. The van der Waals surface area contributed by atoms with Crippen LogP contribution in [0.5, 0.6) is 0 Å². The molecule has 120 valence electrons. The Morgan fingerprint density at radius 3 is 2.78 bits per heavy atom. The summed E-state index contributed by atoms with van der Waals surface area (Å²) >= 11 is 0. The minimum Gasteiger partial charge on any atom is -0.463 e. The second-order valence-corrected chi connectivity index (χ2v) is 5.07. The number of rotatable bonds is 3. The Bertz CT molecular complexity index is 760. The first-order valence-corrected chi connectivity index (χ1v) is 7.12. The topological polar surface area (TPSA) is 85.3 Å². The zero-order chi connectivity index (χ0) is 17.1. The maximum atomic E-state index is 13.9. The number of benzene rings is 1. The largest absolute Gasteiger partial charge is 0.463 e. The maximum absolute atomic E-state index is 13.9. The molecule has 1 heterocycles. The van der Waals surface area contributed by atoms with E-state index in [1.54, 1.807) is 26.8 Å². The average Bonchev–Trinajstić information content (AvgIpc) is 2.49. The summed E-state index contributed by atoms with van der Waals surface area (Å²) in [6.07, 6.45) is 0. The van der Waals surface area contributed by atoms with Gasteiger partial charge in [0.2, 0.25) is 5.88 Å². The molecule has 2 rings (SSSR count). The van der Waals surface area contributed by atoms with E-state index in [-0.39, 0.29) is 29.4 Å². The van der Waals surface area contributed by atoms with E-state index in [2.05, 4.69) is 0 Å². The Morgan fingerprint density at radius 1 is 1.48 bits per heavy atom. The van der Waals surface area contributed by atoms with Crippen molar-refractivity contribution in [3.05, 3.63) is 57.9 Å². The number of hydrogen-bond donors (Lipinski definition) is 1. The van der Waals surface area contributed by atoms with Crippen LogP contribution in [0.15, 0.2) is 41.0 Å². The van der Waals surface area contributed by atoms with Gasteiger partial charge in [-0.15, -0.1) is 0 Å². The summed E-state index contributed by atoms with van der Waals surface area (Å²) in [5.41, 5.74) is 6.83. The molecule has 0 bridgehead atoms. The van der Waals surface area contributed by atoms with Crippen LogP contribution in [0.3, 0.4) is 0 Å². The number of allylic oxidation sites excluding steroid dienone is 2. The first-order chi connectivity index (χ1) is 10.9. The number of nitrogens with two attached hydrogens (primary N) is 1. The van der Waals surface area contributed by atoms with Gasteiger partial charge in [0.1, 0.15) is 23.2 Å². The maximum Gasteiger partial charge on any atom is 0.338 e. The molecule has 1 unspecified atom stereocenters. The van der Waals surface area contributed by atoms with Crippen molar-refractivity contribution in [2.24, 2.45) is 5.73 Å². The van der Waals surface area contributed by atoms with Crippen LogP contribution in [-0.2, 0) is 14.3 Å². The van der Waals surface area contributed by atoms with Crippen LogP contribution in [0.1, 0.15) is 30.9 Å². The SMILES string of the molecule is CCOC(=O)C1=C(C)OC(N)=C(C#N)C1c1cccc(F)c1C. The third-order valence-electron chi connectivity index (χ3n) is 3.72. The molecule has 0 amide bonds. The highest BCUT2D eigenvalue weighted by Gasteiger charge is 2.37. The zero-order valence-corrected chi connectivity index (χ0v) is 13.1. The molecule has 0 aromatic heterocycles. The highest BCUT2D eigenvalue weighted by molar-refractivity contribution is 5.92. The van der Waals surface area contributed by atoms with E-state index in [1.807, 2.05) is 6.07 Å². The lowest BCUT2D eigenvalue weighted by atomic mass is 9.81. The predicted molar refractivity (Wildman–Crippen MR) is 81.1 cm³/mol. The lowest BCUT2D eigenvalue weighted by Crippen LogP contribution is -2.26. The summed E-state index contributed by atoms with van der Waals surface area (Å²) < 4.78 is 24.3. The van der Waals surface area contributed by atoms with E-state index >= 15 is 0 Å². The summed E-state index contributed by atoms with van der Waals surface area (Å²) in [7, 11) is 0. The van der Waals surface area contributed by atoms with E-state index in [0.29, 0.717) is 11.1 Å². The number of carbonyl (C=O) groups excluding carboxylic acids is 1. The van der Waals surface area contributed by atoms with E-state index in [9.17, 15) is 14.4 Å². The van der Waals surface area contributed by atoms with E-state index in [1.165, 1.54) is 12.1 Å². The van der Waals surface area contributed by atoms with Gasteiger partial charge in [-0.25, -0.2) is 9.18 Å². The van der Waals surface area contributed by atoms with Gasteiger partial charge in [-0.3, -0.25) is 0 Å².